The normalized spacial score (nSPS) is 34.2. The lowest BCUT2D eigenvalue weighted by Gasteiger charge is -2.45. The molecule has 0 aromatic heterocycles. The van der Waals surface area contributed by atoms with Crippen LogP contribution in [-0.2, 0) is 28.9 Å². The zero-order chi connectivity index (χ0) is 16.4. The van der Waals surface area contributed by atoms with Crippen molar-refractivity contribution in [1.82, 2.24) is 0 Å². The van der Waals surface area contributed by atoms with E-state index in [9.17, 15) is 18.3 Å². The fourth-order valence-electron chi connectivity index (χ4n) is 2.57. The van der Waals surface area contributed by atoms with Crippen molar-refractivity contribution in [2.75, 3.05) is 0 Å². The molecule has 1 fully saturated rings. The third-order valence-corrected chi connectivity index (χ3v) is 3.97. The Kier molecular flexibility index (Phi) is 6.11. The Morgan fingerprint density at radius 1 is 1.19 bits per heavy atom. The number of rotatable bonds is 6. The summed E-state index contributed by atoms with van der Waals surface area (Å²) in [6, 6.07) is 0. The molecule has 2 N–H and O–H groups in total. The topological polar surface area (TPSA) is 119 Å². The van der Waals surface area contributed by atoms with Gasteiger partial charge >= 0.3 is 10.4 Å². The van der Waals surface area contributed by atoms with E-state index >= 15 is 0 Å². The van der Waals surface area contributed by atoms with Crippen LogP contribution in [0.5, 0.6) is 0 Å². The molecule has 1 aliphatic heterocycles. The second-order valence-electron chi connectivity index (χ2n) is 5.75. The van der Waals surface area contributed by atoms with Gasteiger partial charge in [-0.05, 0) is 11.8 Å². The Balaban J connectivity index is 3.12. The van der Waals surface area contributed by atoms with E-state index in [2.05, 4.69) is 4.18 Å². The quantitative estimate of drug-likeness (QED) is 0.530. The number of carbonyl (C=O) groups excluding carboxylic acids is 1. The molecule has 8 nitrogen and oxygen atoms in total. The molecule has 2 unspecified atom stereocenters. The van der Waals surface area contributed by atoms with E-state index in [1.165, 1.54) is 0 Å². The lowest BCUT2D eigenvalue weighted by molar-refractivity contribution is -0.278. The Hall–Kier alpha value is -0.740. The molecule has 1 saturated heterocycles. The van der Waals surface area contributed by atoms with Crippen LogP contribution in [0.25, 0.3) is 0 Å². The maximum atomic E-state index is 11.0. The molecule has 21 heavy (non-hydrogen) atoms. The molecular formula is C12H22O8S. The van der Waals surface area contributed by atoms with Gasteiger partial charge in [0.25, 0.3) is 6.47 Å². The summed E-state index contributed by atoms with van der Waals surface area (Å²) in [6.07, 6.45) is -4.43. The van der Waals surface area contributed by atoms with Crippen molar-refractivity contribution in [3.63, 3.8) is 0 Å². The van der Waals surface area contributed by atoms with Crippen LogP contribution < -0.4 is 0 Å². The third-order valence-electron chi connectivity index (χ3n) is 3.51. The molecule has 0 saturated carbocycles. The molecule has 0 aromatic carbocycles. The molecule has 1 heterocycles. The number of ether oxygens (including phenoxy) is 2. The van der Waals surface area contributed by atoms with Crippen molar-refractivity contribution >= 4 is 16.9 Å². The van der Waals surface area contributed by atoms with Crippen LogP contribution in [0.3, 0.4) is 0 Å². The largest absolute Gasteiger partial charge is 0.438 e. The first-order chi connectivity index (χ1) is 9.58. The van der Waals surface area contributed by atoms with Gasteiger partial charge in [0.1, 0.15) is 6.10 Å². The molecule has 0 aromatic rings. The second kappa shape index (κ2) is 7.01. The Bertz CT molecular complexity index is 446. The zero-order valence-electron chi connectivity index (χ0n) is 12.4. The SMILES string of the molecule is CC(C)[C@@H]1OC(OC=O)[C@@H](C(C)C)[C@@H](O)C1OS(=O)(=O)O. The van der Waals surface area contributed by atoms with Gasteiger partial charge in [-0.2, -0.15) is 8.42 Å². The van der Waals surface area contributed by atoms with Gasteiger partial charge in [0.05, 0.1) is 18.1 Å². The monoisotopic (exact) mass is 326 g/mol. The lowest BCUT2D eigenvalue weighted by Crippen LogP contribution is -2.59. The van der Waals surface area contributed by atoms with Crippen LogP contribution in [0, 0.1) is 17.8 Å². The summed E-state index contributed by atoms with van der Waals surface area (Å²) < 4.78 is 45.8. The molecule has 124 valence electrons. The zero-order valence-corrected chi connectivity index (χ0v) is 13.2. The molecule has 1 aliphatic rings. The minimum atomic E-state index is -4.75. The fraction of sp³-hybridized carbons (Fsp3) is 0.917. The van der Waals surface area contributed by atoms with Crippen molar-refractivity contribution in [2.45, 2.75) is 52.3 Å². The highest BCUT2D eigenvalue weighted by Gasteiger charge is 2.50. The van der Waals surface area contributed by atoms with Crippen LogP contribution in [0.2, 0.25) is 0 Å². The fourth-order valence-corrected chi connectivity index (χ4v) is 3.08. The average Bonchev–Trinajstić information content (AvgIpc) is 2.30. The predicted molar refractivity (Wildman–Crippen MR) is 71.4 cm³/mol. The first-order valence-corrected chi connectivity index (χ1v) is 8.03. The van der Waals surface area contributed by atoms with Gasteiger partial charge in [-0.3, -0.25) is 9.35 Å². The third kappa shape index (κ3) is 4.62. The summed E-state index contributed by atoms with van der Waals surface area (Å²) >= 11 is 0. The molecule has 0 radical (unpaired) electrons. The minimum absolute atomic E-state index is 0.175. The number of hydrogen-bond donors (Lipinski definition) is 2. The van der Waals surface area contributed by atoms with Crippen LogP contribution in [0.15, 0.2) is 0 Å². The predicted octanol–water partition coefficient (Wildman–Crippen LogP) is 0.361. The van der Waals surface area contributed by atoms with Crippen molar-refractivity contribution < 1.29 is 36.5 Å². The van der Waals surface area contributed by atoms with E-state index in [-0.39, 0.29) is 18.3 Å². The molecular weight excluding hydrogens is 304 g/mol. The van der Waals surface area contributed by atoms with Crippen LogP contribution in [0.4, 0.5) is 0 Å². The summed E-state index contributed by atoms with van der Waals surface area (Å²) in [5, 5.41) is 10.4. The van der Waals surface area contributed by atoms with Crippen LogP contribution in [-0.4, -0.2) is 49.2 Å². The summed E-state index contributed by atoms with van der Waals surface area (Å²) in [7, 11) is -4.75. The average molecular weight is 326 g/mol. The second-order valence-corrected chi connectivity index (χ2v) is 6.79. The highest BCUT2D eigenvalue weighted by atomic mass is 32.3. The van der Waals surface area contributed by atoms with Crippen molar-refractivity contribution in [3.05, 3.63) is 0 Å². The van der Waals surface area contributed by atoms with E-state index in [0.29, 0.717) is 0 Å². The highest BCUT2D eigenvalue weighted by molar-refractivity contribution is 7.80. The standard InChI is InChI=1S/C12H22O8S/c1-6(2)8-9(14)11(20-21(15,16)17)10(7(3)4)19-12(8)18-5-13/h5-12,14H,1-4H3,(H,15,16,17)/t8-,9+,10-,11?,12?/m0/s1. The molecule has 9 heteroatoms. The number of hydrogen-bond acceptors (Lipinski definition) is 7. The summed E-state index contributed by atoms with van der Waals surface area (Å²) in [4.78, 5) is 10.6. The van der Waals surface area contributed by atoms with Gasteiger partial charge in [0.15, 0.2) is 0 Å². The Morgan fingerprint density at radius 3 is 2.14 bits per heavy atom. The molecule has 0 spiro atoms. The van der Waals surface area contributed by atoms with Gasteiger partial charge < -0.3 is 14.6 Å². The van der Waals surface area contributed by atoms with Crippen molar-refractivity contribution in [1.29, 1.82) is 0 Å². The maximum Gasteiger partial charge on any atom is 0.397 e. The molecule has 0 bridgehead atoms. The van der Waals surface area contributed by atoms with Crippen molar-refractivity contribution in [2.24, 2.45) is 17.8 Å². The Morgan fingerprint density at radius 2 is 1.76 bits per heavy atom. The molecule has 5 atom stereocenters. The smallest absolute Gasteiger partial charge is 0.397 e. The molecule has 0 amide bonds. The van der Waals surface area contributed by atoms with Gasteiger partial charge in [-0.1, -0.05) is 27.7 Å². The minimum Gasteiger partial charge on any atom is -0.438 e. The summed E-state index contributed by atoms with van der Waals surface area (Å²) in [5.74, 6) is -1.10. The van der Waals surface area contributed by atoms with E-state index in [1.807, 2.05) is 0 Å². The Labute approximate surface area is 124 Å². The van der Waals surface area contributed by atoms with Crippen molar-refractivity contribution in [3.8, 4) is 0 Å². The summed E-state index contributed by atoms with van der Waals surface area (Å²) in [5.41, 5.74) is 0. The number of aliphatic hydroxyl groups is 1. The van der Waals surface area contributed by atoms with E-state index in [4.69, 9.17) is 14.0 Å². The molecule has 0 aliphatic carbocycles. The number of aliphatic hydroxyl groups excluding tert-OH is 1. The lowest BCUT2D eigenvalue weighted by atomic mass is 9.81. The van der Waals surface area contributed by atoms with Crippen LogP contribution in [0.1, 0.15) is 27.7 Å². The van der Waals surface area contributed by atoms with Gasteiger partial charge in [-0.15, -0.1) is 0 Å². The van der Waals surface area contributed by atoms with Gasteiger partial charge in [0.2, 0.25) is 6.29 Å². The van der Waals surface area contributed by atoms with Gasteiger partial charge in [0, 0.05) is 0 Å². The van der Waals surface area contributed by atoms with E-state index in [1.54, 1.807) is 27.7 Å². The molecule has 1 rings (SSSR count). The van der Waals surface area contributed by atoms with Crippen LogP contribution >= 0.6 is 0 Å². The van der Waals surface area contributed by atoms with Gasteiger partial charge in [-0.25, -0.2) is 4.18 Å². The highest BCUT2D eigenvalue weighted by Crippen LogP contribution is 2.36. The number of carbonyl (C=O) groups is 1. The van der Waals surface area contributed by atoms with E-state index in [0.717, 1.165) is 0 Å². The summed E-state index contributed by atoms with van der Waals surface area (Å²) in [6.45, 7) is 7.20. The van der Waals surface area contributed by atoms with E-state index < -0.39 is 40.9 Å². The first-order valence-electron chi connectivity index (χ1n) is 6.66. The first kappa shape index (κ1) is 18.3. The maximum absolute atomic E-state index is 11.0.